The molecule has 1 heterocycles. The molecule has 2 rings (SSSR count). The van der Waals surface area contributed by atoms with Gasteiger partial charge in [0.15, 0.2) is 0 Å². The van der Waals surface area contributed by atoms with Crippen molar-refractivity contribution in [2.75, 3.05) is 13.7 Å². The van der Waals surface area contributed by atoms with E-state index >= 15 is 0 Å². The van der Waals surface area contributed by atoms with Gasteiger partial charge in [-0.05, 0) is 31.4 Å². The minimum absolute atomic E-state index is 0.0963. The molecule has 0 spiro atoms. The number of hydrogen-bond donors (Lipinski definition) is 2. The highest BCUT2D eigenvalue weighted by Gasteiger charge is 2.33. The van der Waals surface area contributed by atoms with Crippen LogP contribution in [0.1, 0.15) is 29.6 Å². The summed E-state index contributed by atoms with van der Waals surface area (Å²) >= 11 is 0. The first-order valence-electron chi connectivity index (χ1n) is 6.45. The van der Waals surface area contributed by atoms with E-state index in [0.29, 0.717) is 18.7 Å². The van der Waals surface area contributed by atoms with E-state index in [1.54, 1.807) is 6.07 Å². The maximum atomic E-state index is 12.4. The lowest BCUT2D eigenvalue weighted by Crippen LogP contribution is -2.48. The molecule has 1 fully saturated rings. The number of hydrogen-bond acceptors (Lipinski definition) is 4. The zero-order chi connectivity index (χ0) is 14.7. The average molecular weight is 279 g/mol. The van der Waals surface area contributed by atoms with Crippen molar-refractivity contribution in [3.05, 3.63) is 23.8 Å². The SMILES string of the molecule is COc1ccc(C(=O)N2CCCC[C@@H]2C(=O)O)c(O)c1. The van der Waals surface area contributed by atoms with Crippen LogP contribution in [0.3, 0.4) is 0 Å². The van der Waals surface area contributed by atoms with Gasteiger partial charge in [0, 0.05) is 12.6 Å². The summed E-state index contributed by atoms with van der Waals surface area (Å²) in [7, 11) is 1.46. The number of aromatic hydroxyl groups is 1. The van der Waals surface area contributed by atoms with Crippen LogP contribution in [-0.4, -0.2) is 46.7 Å². The Labute approximate surface area is 116 Å². The number of piperidine rings is 1. The third-order valence-corrected chi connectivity index (χ3v) is 3.48. The monoisotopic (exact) mass is 279 g/mol. The first-order chi connectivity index (χ1) is 9.54. The van der Waals surface area contributed by atoms with Crippen LogP contribution in [-0.2, 0) is 4.79 Å². The van der Waals surface area contributed by atoms with Gasteiger partial charge < -0.3 is 19.8 Å². The summed E-state index contributed by atoms with van der Waals surface area (Å²) in [4.78, 5) is 24.9. The molecule has 1 aliphatic heterocycles. The number of phenolic OH excluding ortho intramolecular Hbond substituents is 1. The fraction of sp³-hybridized carbons (Fsp3) is 0.429. The van der Waals surface area contributed by atoms with Gasteiger partial charge in [-0.25, -0.2) is 4.79 Å². The largest absolute Gasteiger partial charge is 0.507 e. The molecule has 1 saturated heterocycles. The summed E-state index contributed by atoms with van der Waals surface area (Å²) in [6.45, 7) is 0.390. The van der Waals surface area contributed by atoms with Crippen LogP contribution in [0, 0.1) is 0 Å². The van der Waals surface area contributed by atoms with Crippen molar-refractivity contribution in [3.63, 3.8) is 0 Å². The van der Waals surface area contributed by atoms with E-state index in [0.717, 1.165) is 12.8 Å². The molecule has 0 aromatic heterocycles. The lowest BCUT2D eigenvalue weighted by molar-refractivity contribution is -0.143. The van der Waals surface area contributed by atoms with Gasteiger partial charge in [0.05, 0.1) is 12.7 Å². The molecule has 2 N–H and O–H groups in total. The highest BCUT2D eigenvalue weighted by Crippen LogP contribution is 2.27. The van der Waals surface area contributed by atoms with Gasteiger partial charge in [0.1, 0.15) is 17.5 Å². The molecule has 1 aromatic rings. The summed E-state index contributed by atoms with van der Waals surface area (Å²) < 4.78 is 4.96. The molecule has 6 nitrogen and oxygen atoms in total. The highest BCUT2D eigenvalue weighted by atomic mass is 16.5. The number of rotatable bonds is 3. The van der Waals surface area contributed by atoms with E-state index < -0.39 is 17.9 Å². The smallest absolute Gasteiger partial charge is 0.326 e. The maximum Gasteiger partial charge on any atom is 0.326 e. The van der Waals surface area contributed by atoms with E-state index in [4.69, 9.17) is 4.74 Å². The topological polar surface area (TPSA) is 87.1 Å². The second-order valence-electron chi connectivity index (χ2n) is 4.73. The van der Waals surface area contributed by atoms with Crippen molar-refractivity contribution >= 4 is 11.9 Å². The number of nitrogens with zero attached hydrogens (tertiary/aromatic N) is 1. The van der Waals surface area contributed by atoms with Crippen molar-refractivity contribution in [3.8, 4) is 11.5 Å². The molecule has 0 unspecified atom stereocenters. The van der Waals surface area contributed by atoms with Gasteiger partial charge in [-0.2, -0.15) is 0 Å². The van der Waals surface area contributed by atoms with Crippen LogP contribution in [0.2, 0.25) is 0 Å². The predicted octanol–water partition coefficient (Wildman–Crippen LogP) is 1.48. The van der Waals surface area contributed by atoms with Crippen LogP contribution in [0.15, 0.2) is 18.2 Å². The Morgan fingerprint density at radius 3 is 2.70 bits per heavy atom. The molecule has 0 aliphatic carbocycles. The Morgan fingerprint density at radius 2 is 2.10 bits per heavy atom. The molecule has 1 atom stereocenters. The Balaban J connectivity index is 2.27. The van der Waals surface area contributed by atoms with E-state index in [2.05, 4.69) is 0 Å². The minimum atomic E-state index is -1.01. The molecule has 6 heteroatoms. The first-order valence-corrected chi connectivity index (χ1v) is 6.45. The Kier molecular flexibility index (Phi) is 4.12. The van der Waals surface area contributed by atoms with E-state index in [1.165, 1.54) is 24.1 Å². The molecule has 0 saturated carbocycles. The molecule has 1 aromatic carbocycles. The standard InChI is InChI=1S/C14H17NO5/c1-20-9-5-6-10(12(16)8-9)13(17)15-7-3-2-4-11(15)14(18)19/h5-6,8,11,16H,2-4,7H2,1H3,(H,18,19)/t11-/m1/s1. The lowest BCUT2D eigenvalue weighted by atomic mass is 10.0. The van der Waals surface area contributed by atoms with Crippen molar-refractivity contribution in [2.45, 2.75) is 25.3 Å². The summed E-state index contributed by atoms with van der Waals surface area (Å²) in [6, 6.07) is 3.53. The Bertz CT molecular complexity index is 528. The van der Waals surface area contributed by atoms with Crippen molar-refractivity contribution < 1.29 is 24.5 Å². The van der Waals surface area contributed by atoms with Crippen molar-refractivity contribution in [2.24, 2.45) is 0 Å². The van der Waals surface area contributed by atoms with Crippen LogP contribution in [0.5, 0.6) is 11.5 Å². The quantitative estimate of drug-likeness (QED) is 0.875. The molecular formula is C14H17NO5. The first kappa shape index (κ1) is 14.2. The van der Waals surface area contributed by atoms with Gasteiger partial charge in [-0.3, -0.25) is 4.79 Å². The third kappa shape index (κ3) is 2.68. The van der Waals surface area contributed by atoms with Gasteiger partial charge in [-0.15, -0.1) is 0 Å². The number of amides is 1. The number of likely N-dealkylation sites (tertiary alicyclic amines) is 1. The summed E-state index contributed by atoms with van der Waals surface area (Å²) in [5.41, 5.74) is 0.0963. The summed E-state index contributed by atoms with van der Waals surface area (Å²) in [6.07, 6.45) is 2.00. The zero-order valence-electron chi connectivity index (χ0n) is 11.2. The lowest BCUT2D eigenvalue weighted by Gasteiger charge is -2.33. The zero-order valence-corrected chi connectivity index (χ0v) is 11.2. The van der Waals surface area contributed by atoms with Gasteiger partial charge in [0.25, 0.3) is 5.91 Å². The number of carbonyl (C=O) groups is 2. The number of ether oxygens (including phenoxy) is 1. The number of aliphatic carboxylic acids is 1. The number of carbonyl (C=O) groups excluding carboxylic acids is 1. The molecule has 1 aliphatic rings. The second-order valence-corrected chi connectivity index (χ2v) is 4.73. The summed E-state index contributed by atoms with van der Waals surface area (Å²) in [5, 5.41) is 19.1. The molecule has 0 bridgehead atoms. The number of methoxy groups -OCH3 is 1. The number of phenols is 1. The number of carboxylic acid groups (broad SMARTS) is 1. The molecule has 0 radical (unpaired) electrons. The van der Waals surface area contributed by atoms with E-state index in [-0.39, 0.29) is 11.3 Å². The van der Waals surface area contributed by atoms with Crippen LogP contribution in [0.4, 0.5) is 0 Å². The normalized spacial score (nSPS) is 18.6. The minimum Gasteiger partial charge on any atom is -0.507 e. The summed E-state index contributed by atoms with van der Waals surface area (Å²) in [5.74, 6) is -1.24. The highest BCUT2D eigenvalue weighted by molar-refractivity contribution is 5.99. The Hall–Kier alpha value is -2.24. The predicted molar refractivity (Wildman–Crippen MR) is 71.0 cm³/mol. The van der Waals surface area contributed by atoms with Crippen LogP contribution < -0.4 is 4.74 Å². The fourth-order valence-electron chi connectivity index (χ4n) is 2.41. The number of benzene rings is 1. The molecule has 20 heavy (non-hydrogen) atoms. The molecule has 1 amide bonds. The van der Waals surface area contributed by atoms with Crippen molar-refractivity contribution in [1.29, 1.82) is 0 Å². The average Bonchev–Trinajstić information content (AvgIpc) is 2.46. The van der Waals surface area contributed by atoms with Crippen LogP contribution in [0.25, 0.3) is 0 Å². The van der Waals surface area contributed by atoms with Crippen molar-refractivity contribution in [1.82, 2.24) is 4.90 Å². The van der Waals surface area contributed by atoms with Gasteiger partial charge >= 0.3 is 5.97 Å². The van der Waals surface area contributed by atoms with E-state index in [9.17, 15) is 19.8 Å². The van der Waals surface area contributed by atoms with Crippen LogP contribution >= 0.6 is 0 Å². The fourth-order valence-corrected chi connectivity index (χ4v) is 2.41. The second kappa shape index (κ2) is 5.81. The third-order valence-electron chi connectivity index (χ3n) is 3.48. The molecule has 108 valence electrons. The maximum absolute atomic E-state index is 12.4. The number of carboxylic acids is 1. The Morgan fingerprint density at radius 1 is 1.35 bits per heavy atom. The van der Waals surface area contributed by atoms with Gasteiger partial charge in [-0.1, -0.05) is 0 Å². The molecular weight excluding hydrogens is 262 g/mol. The van der Waals surface area contributed by atoms with Gasteiger partial charge in [0.2, 0.25) is 0 Å². The van der Waals surface area contributed by atoms with E-state index in [1.807, 2.05) is 0 Å².